The molecule has 0 saturated heterocycles. The van der Waals surface area contributed by atoms with Crippen molar-refractivity contribution in [1.82, 2.24) is 0 Å². The van der Waals surface area contributed by atoms with Crippen molar-refractivity contribution >= 4 is 11.9 Å². The van der Waals surface area contributed by atoms with Gasteiger partial charge < -0.3 is 10.2 Å². The summed E-state index contributed by atoms with van der Waals surface area (Å²) in [5.41, 5.74) is 0. The first-order valence-electron chi connectivity index (χ1n) is 3.01. The maximum atomic E-state index is 10.2. The second-order valence-corrected chi connectivity index (χ2v) is 2.59. The number of hydrogen-bond donors (Lipinski definition) is 2. The highest BCUT2D eigenvalue weighted by Gasteiger charge is 2.56. The summed E-state index contributed by atoms with van der Waals surface area (Å²) in [5, 5.41) is 16.8. The molecule has 3 atom stereocenters. The smallest absolute Gasteiger partial charge is 0.307 e. The van der Waals surface area contributed by atoms with Gasteiger partial charge in [-0.05, 0) is 5.92 Å². The SMILES string of the molecule is CC1C(C(=O)O)[C@H]1C(=O)O. The first-order valence-corrected chi connectivity index (χ1v) is 3.01. The molecule has 1 fully saturated rings. The highest BCUT2D eigenvalue weighted by molar-refractivity contribution is 5.86. The molecule has 56 valence electrons. The van der Waals surface area contributed by atoms with E-state index in [0.717, 1.165) is 0 Å². The van der Waals surface area contributed by atoms with Crippen molar-refractivity contribution < 1.29 is 19.8 Å². The van der Waals surface area contributed by atoms with E-state index in [9.17, 15) is 9.59 Å². The lowest BCUT2D eigenvalue weighted by Crippen LogP contribution is -2.05. The quantitative estimate of drug-likeness (QED) is 0.573. The molecule has 0 aromatic rings. The summed E-state index contributed by atoms with van der Waals surface area (Å²) in [6.45, 7) is 1.64. The summed E-state index contributed by atoms with van der Waals surface area (Å²) in [6.07, 6.45) is 0. The largest absolute Gasteiger partial charge is 0.481 e. The predicted octanol–water partition coefficient (Wildman–Crippen LogP) is 0.0377. The van der Waals surface area contributed by atoms with Crippen LogP contribution in [0.2, 0.25) is 0 Å². The van der Waals surface area contributed by atoms with Crippen LogP contribution >= 0.6 is 0 Å². The molecule has 0 aromatic carbocycles. The standard InChI is InChI=1S/C6H8O4/c1-2-3(5(7)8)4(2)6(9)10/h2-4H,1H3,(H,7,8)(H,9,10)/t2?,3-,4?/m0/s1. The average Bonchev–Trinajstić information content (AvgIpc) is 2.40. The summed E-state index contributed by atoms with van der Waals surface area (Å²) >= 11 is 0. The van der Waals surface area contributed by atoms with Crippen LogP contribution in [0.4, 0.5) is 0 Å². The van der Waals surface area contributed by atoms with Gasteiger partial charge in [-0.3, -0.25) is 9.59 Å². The van der Waals surface area contributed by atoms with E-state index in [1.54, 1.807) is 6.92 Å². The predicted molar refractivity (Wildman–Crippen MR) is 31.4 cm³/mol. The Morgan fingerprint density at radius 2 is 1.40 bits per heavy atom. The molecule has 2 unspecified atom stereocenters. The molecule has 10 heavy (non-hydrogen) atoms. The average molecular weight is 144 g/mol. The van der Waals surface area contributed by atoms with Gasteiger partial charge in [0, 0.05) is 0 Å². The number of aliphatic carboxylic acids is 2. The molecule has 4 nitrogen and oxygen atoms in total. The van der Waals surface area contributed by atoms with Crippen LogP contribution in [0.25, 0.3) is 0 Å². The van der Waals surface area contributed by atoms with E-state index in [2.05, 4.69) is 0 Å². The van der Waals surface area contributed by atoms with Crippen LogP contribution in [0.5, 0.6) is 0 Å². The fraction of sp³-hybridized carbons (Fsp3) is 0.667. The van der Waals surface area contributed by atoms with E-state index in [0.29, 0.717) is 0 Å². The Bertz CT molecular complexity index is 166. The van der Waals surface area contributed by atoms with E-state index in [1.807, 2.05) is 0 Å². The lowest BCUT2D eigenvalue weighted by Gasteiger charge is -1.84. The zero-order valence-corrected chi connectivity index (χ0v) is 5.44. The number of hydrogen-bond acceptors (Lipinski definition) is 2. The minimum Gasteiger partial charge on any atom is -0.481 e. The first-order chi connectivity index (χ1) is 4.55. The van der Waals surface area contributed by atoms with Crippen LogP contribution in [0.3, 0.4) is 0 Å². The zero-order chi connectivity index (χ0) is 7.89. The Labute approximate surface area is 57.5 Å². The molecular weight excluding hydrogens is 136 g/mol. The molecular formula is C6H8O4. The van der Waals surface area contributed by atoms with Crippen LogP contribution in [-0.4, -0.2) is 22.2 Å². The summed E-state index contributed by atoms with van der Waals surface area (Å²) < 4.78 is 0. The Kier molecular flexibility index (Phi) is 1.39. The summed E-state index contributed by atoms with van der Waals surface area (Å²) in [7, 11) is 0. The molecule has 0 amide bonds. The highest BCUT2D eigenvalue weighted by Crippen LogP contribution is 2.45. The Morgan fingerprint density at radius 1 is 1.10 bits per heavy atom. The van der Waals surface area contributed by atoms with Gasteiger partial charge in [0.1, 0.15) is 0 Å². The molecule has 1 rings (SSSR count). The van der Waals surface area contributed by atoms with Crippen LogP contribution < -0.4 is 0 Å². The number of carboxylic acids is 2. The minimum atomic E-state index is -1.00. The molecule has 4 heteroatoms. The molecule has 0 aromatic heterocycles. The van der Waals surface area contributed by atoms with Crippen molar-refractivity contribution in [2.75, 3.05) is 0 Å². The summed E-state index contributed by atoms with van der Waals surface area (Å²) in [4.78, 5) is 20.4. The van der Waals surface area contributed by atoms with Gasteiger partial charge >= 0.3 is 11.9 Å². The van der Waals surface area contributed by atoms with E-state index < -0.39 is 23.8 Å². The molecule has 0 aliphatic heterocycles. The van der Waals surface area contributed by atoms with Gasteiger partial charge in [-0.2, -0.15) is 0 Å². The number of carboxylic acid groups (broad SMARTS) is 2. The lowest BCUT2D eigenvalue weighted by molar-refractivity contribution is -0.144. The molecule has 1 aliphatic carbocycles. The zero-order valence-electron chi connectivity index (χ0n) is 5.44. The van der Waals surface area contributed by atoms with Crippen molar-refractivity contribution in [2.24, 2.45) is 17.8 Å². The van der Waals surface area contributed by atoms with Crippen LogP contribution in [-0.2, 0) is 9.59 Å². The fourth-order valence-electron chi connectivity index (χ4n) is 1.22. The maximum absolute atomic E-state index is 10.2. The van der Waals surface area contributed by atoms with Gasteiger partial charge in [0.15, 0.2) is 0 Å². The molecule has 0 spiro atoms. The van der Waals surface area contributed by atoms with Crippen molar-refractivity contribution in [3.63, 3.8) is 0 Å². The molecule has 1 saturated carbocycles. The summed E-state index contributed by atoms with van der Waals surface area (Å²) in [5.74, 6) is -3.51. The third kappa shape index (κ3) is 0.853. The monoisotopic (exact) mass is 144 g/mol. The second kappa shape index (κ2) is 1.97. The van der Waals surface area contributed by atoms with E-state index in [4.69, 9.17) is 10.2 Å². The Balaban J connectivity index is 2.57. The summed E-state index contributed by atoms with van der Waals surface area (Å²) in [6, 6.07) is 0. The maximum Gasteiger partial charge on any atom is 0.307 e. The highest BCUT2D eigenvalue weighted by atomic mass is 16.4. The second-order valence-electron chi connectivity index (χ2n) is 2.59. The normalized spacial score (nSPS) is 37.1. The van der Waals surface area contributed by atoms with Crippen LogP contribution in [0.1, 0.15) is 6.92 Å². The van der Waals surface area contributed by atoms with Gasteiger partial charge in [0.25, 0.3) is 0 Å². The fourth-order valence-corrected chi connectivity index (χ4v) is 1.22. The topological polar surface area (TPSA) is 74.6 Å². The third-order valence-electron chi connectivity index (χ3n) is 1.95. The van der Waals surface area contributed by atoms with Crippen molar-refractivity contribution in [3.05, 3.63) is 0 Å². The van der Waals surface area contributed by atoms with Crippen LogP contribution in [0.15, 0.2) is 0 Å². The first kappa shape index (κ1) is 7.05. The van der Waals surface area contributed by atoms with Gasteiger partial charge in [0.2, 0.25) is 0 Å². The van der Waals surface area contributed by atoms with Gasteiger partial charge in [-0.25, -0.2) is 0 Å². The molecule has 1 aliphatic rings. The van der Waals surface area contributed by atoms with Gasteiger partial charge in [-0.15, -0.1) is 0 Å². The van der Waals surface area contributed by atoms with Crippen molar-refractivity contribution in [1.29, 1.82) is 0 Å². The molecule has 0 radical (unpaired) electrons. The van der Waals surface area contributed by atoms with Crippen LogP contribution in [0, 0.1) is 17.8 Å². The van der Waals surface area contributed by atoms with Crippen molar-refractivity contribution in [3.8, 4) is 0 Å². The Morgan fingerprint density at radius 3 is 1.50 bits per heavy atom. The third-order valence-corrected chi connectivity index (χ3v) is 1.95. The van der Waals surface area contributed by atoms with Gasteiger partial charge in [-0.1, -0.05) is 6.92 Å². The number of carbonyl (C=O) groups is 2. The lowest BCUT2D eigenvalue weighted by atomic mass is 10.3. The molecule has 2 N–H and O–H groups in total. The number of rotatable bonds is 2. The van der Waals surface area contributed by atoms with E-state index in [-0.39, 0.29) is 5.92 Å². The van der Waals surface area contributed by atoms with Gasteiger partial charge in [0.05, 0.1) is 11.8 Å². The van der Waals surface area contributed by atoms with E-state index >= 15 is 0 Å². The molecule has 0 bridgehead atoms. The minimum absolute atomic E-state index is 0.199. The Hall–Kier alpha value is -1.06. The van der Waals surface area contributed by atoms with Crippen molar-refractivity contribution in [2.45, 2.75) is 6.92 Å². The molecule has 0 heterocycles. The van der Waals surface area contributed by atoms with E-state index in [1.165, 1.54) is 0 Å².